The van der Waals surface area contributed by atoms with E-state index >= 15 is 0 Å². The molecule has 8 heteroatoms. The molecule has 0 bridgehead atoms. The standard InChI is InChI=1S/C14H25F3O3SSi/c1-11(2)22(12(3)4,13(5)6)10-8-7-9-20-21(18,19)14(15,16)17/h11-13H,7,9H2,1-6H3. The number of rotatable bonds is 6. The maximum atomic E-state index is 12.1. The minimum Gasteiger partial charge on any atom is -0.262 e. The lowest BCUT2D eigenvalue weighted by Crippen LogP contribution is -2.43. The number of hydrogen-bond acceptors (Lipinski definition) is 3. The molecule has 0 fully saturated rings. The third kappa shape index (κ3) is 5.00. The van der Waals surface area contributed by atoms with E-state index in [4.69, 9.17) is 0 Å². The van der Waals surface area contributed by atoms with Gasteiger partial charge >= 0.3 is 15.6 Å². The first kappa shape index (κ1) is 21.5. The van der Waals surface area contributed by atoms with Gasteiger partial charge in [-0.3, -0.25) is 4.18 Å². The molecule has 0 aromatic rings. The van der Waals surface area contributed by atoms with Crippen LogP contribution in [0.5, 0.6) is 0 Å². The van der Waals surface area contributed by atoms with Crippen molar-refractivity contribution < 1.29 is 25.8 Å². The molecule has 22 heavy (non-hydrogen) atoms. The van der Waals surface area contributed by atoms with Crippen LogP contribution in [0.4, 0.5) is 13.2 Å². The van der Waals surface area contributed by atoms with E-state index in [0.717, 1.165) is 0 Å². The Kier molecular flexibility index (Phi) is 7.65. The van der Waals surface area contributed by atoms with Gasteiger partial charge in [-0.05, 0) is 16.6 Å². The molecule has 0 heterocycles. The lowest BCUT2D eigenvalue weighted by molar-refractivity contribution is -0.0540. The van der Waals surface area contributed by atoms with Crippen LogP contribution >= 0.6 is 0 Å². The molecule has 0 saturated heterocycles. The molecule has 0 atom stereocenters. The van der Waals surface area contributed by atoms with E-state index in [-0.39, 0.29) is 6.42 Å². The summed E-state index contributed by atoms with van der Waals surface area (Å²) in [6.45, 7) is 12.1. The van der Waals surface area contributed by atoms with E-state index in [9.17, 15) is 21.6 Å². The average Bonchev–Trinajstić information content (AvgIpc) is 2.30. The van der Waals surface area contributed by atoms with Crippen LogP contribution in [-0.4, -0.2) is 28.6 Å². The molecule has 0 saturated carbocycles. The Balaban J connectivity index is 4.95. The van der Waals surface area contributed by atoms with Gasteiger partial charge in [0.25, 0.3) is 0 Å². The van der Waals surface area contributed by atoms with Crippen molar-refractivity contribution in [2.24, 2.45) is 0 Å². The maximum absolute atomic E-state index is 12.1. The van der Waals surface area contributed by atoms with Gasteiger partial charge in [-0.1, -0.05) is 41.5 Å². The first-order valence-corrected chi connectivity index (χ1v) is 10.9. The summed E-state index contributed by atoms with van der Waals surface area (Å²) in [5.74, 6) is 2.85. The van der Waals surface area contributed by atoms with Gasteiger partial charge in [0.2, 0.25) is 0 Å². The monoisotopic (exact) mass is 358 g/mol. The molecule has 3 nitrogen and oxygen atoms in total. The predicted octanol–water partition coefficient (Wildman–Crippen LogP) is 4.46. The summed E-state index contributed by atoms with van der Waals surface area (Å²) in [5, 5.41) is 0. The zero-order valence-corrected chi connectivity index (χ0v) is 15.7. The maximum Gasteiger partial charge on any atom is 0.523 e. The summed E-state index contributed by atoms with van der Waals surface area (Å²) in [4.78, 5) is 0. The molecule has 0 aromatic carbocycles. The van der Waals surface area contributed by atoms with Gasteiger partial charge in [-0.15, -0.1) is 11.5 Å². The third-order valence-corrected chi connectivity index (χ3v) is 11.3. The average molecular weight is 358 g/mol. The van der Waals surface area contributed by atoms with Crippen molar-refractivity contribution in [2.45, 2.75) is 70.1 Å². The second kappa shape index (κ2) is 7.84. The number of halogens is 3. The number of alkyl halides is 3. The zero-order valence-electron chi connectivity index (χ0n) is 13.9. The van der Waals surface area contributed by atoms with Crippen LogP contribution in [0.2, 0.25) is 16.6 Å². The first-order valence-electron chi connectivity index (χ1n) is 7.24. The highest BCUT2D eigenvalue weighted by Crippen LogP contribution is 2.40. The van der Waals surface area contributed by atoms with Crippen molar-refractivity contribution in [2.75, 3.05) is 6.61 Å². The Hall–Kier alpha value is -0.523. The van der Waals surface area contributed by atoms with E-state index in [1.807, 2.05) is 0 Å². The molecule has 0 spiro atoms. The quantitative estimate of drug-likeness (QED) is 0.231. The van der Waals surface area contributed by atoms with E-state index < -0.39 is 30.3 Å². The van der Waals surface area contributed by atoms with Crippen LogP contribution in [0.25, 0.3) is 0 Å². The Labute approximate surface area is 132 Å². The van der Waals surface area contributed by atoms with Gasteiger partial charge < -0.3 is 0 Å². The normalized spacial score (nSPS) is 13.6. The fourth-order valence-corrected chi connectivity index (χ4v) is 8.65. The van der Waals surface area contributed by atoms with Crippen molar-refractivity contribution >= 4 is 18.2 Å². The summed E-state index contributed by atoms with van der Waals surface area (Å²) < 4.78 is 61.8. The van der Waals surface area contributed by atoms with Crippen LogP contribution in [0.3, 0.4) is 0 Å². The van der Waals surface area contributed by atoms with Crippen molar-refractivity contribution in [1.82, 2.24) is 0 Å². The summed E-state index contributed by atoms with van der Waals surface area (Å²) in [7, 11) is -7.47. The Morgan fingerprint density at radius 1 is 1.00 bits per heavy atom. The zero-order chi connectivity index (χ0) is 17.8. The SMILES string of the molecule is CC(C)[Si](C#CCCOS(=O)(=O)C(F)(F)F)(C(C)C)C(C)C. The van der Waals surface area contributed by atoms with Gasteiger partial charge in [-0.25, -0.2) is 0 Å². The topological polar surface area (TPSA) is 43.4 Å². The molecular weight excluding hydrogens is 333 g/mol. The van der Waals surface area contributed by atoms with Gasteiger partial charge in [0.15, 0.2) is 0 Å². The molecule has 0 amide bonds. The van der Waals surface area contributed by atoms with Gasteiger partial charge in [-0.2, -0.15) is 21.6 Å². The molecule has 0 rings (SSSR count). The van der Waals surface area contributed by atoms with Crippen LogP contribution < -0.4 is 0 Å². The fourth-order valence-electron chi connectivity index (χ4n) is 2.92. The van der Waals surface area contributed by atoms with Crippen molar-refractivity contribution in [1.29, 1.82) is 0 Å². The molecule has 0 radical (unpaired) electrons. The molecule has 0 unspecified atom stereocenters. The van der Waals surface area contributed by atoms with Crippen LogP contribution in [0.1, 0.15) is 48.0 Å². The lowest BCUT2D eigenvalue weighted by atomic mass is 10.5. The molecular formula is C14H25F3O3SSi. The van der Waals surface area contributed by atoms with Crippen LogP contribution in [0, 0.1) is 11.5 Å². The summed E-state index contributed by atoms with van der Waals surface area (Å²) in [6.07, 6.45) is -0.0315. The van der Waals surface area contributed by atoms with Gasteiger partial charge in [0.05, 0.1) is 6.61 Å². The minimum atomic E-state index is -5.52. The molecule has 0 aliphatic heterocycles. The predicted molar refractivity (Wildman–Crippen MR) is 84.4 cm³/mol. The Morgan fingerprint density at radius 2 is 1.41 bits per heavy atom. The number of hydrogen-bond donors (Lipinski definition) is 0. The first-order chi connectivity index (χ1) is 9.79. The second-order valence-electron chi connectivity index (χ2n) is 6.17. The smallest absolute Gasteiger partial charge is 0.262 e. The molecule has 0 aliphatic carbocycles. The highest BCUT2D eigenvalue weighted by atomic mass is 32.2. The summed E-state index contributed by atoms with van der Waals surface area (Å²) in [6, 6.07) is 0. The summed E-state index contributed by atoms with van der Waals surface area (Å²) >= 11 is 0. The second-order valence-corrected chi connectivity index (χ2v) is 13.4. The summed E-state index contributed by atoms with van der Waals surface area (Å²) in [5.41, 5.74) is -0.885. The van der Waals surface area contributed by atoms with E-state index in [2.05, 4.69) is 57.2 Å². The molecule has 130 valence electrons. The van der Waals surface area contributed by atoms with Crippen molar-refractivity contribution in [3.05, 3.63) is 0 Å². The fraction of sp³-hybridized carbons (Fsp3) is 0.857. The molecule has 0 aromatic heterocycles. The Bertz CT molecular complexity index is 492. The van der Waals surface area contributed by atoms with Crippen LogP contribution in [0.15, 0.2) is 0 Å². The Morgan fingerprint density at radius 3 is 1.73 bits per heavy atom. The van der Waals surface area contributed by atoms with E-state index in [0.29, 0.717) is 16.6 Å². The largest absolute Gasteiger partial charge is 0.523 e. The minimum absolute atomic E-state index is 0.0315. The van der Waals surface area contributed by atoms with Crippen molar-refractivity contribution in [3.63, 3.8) is 0 Å². The lowest BCUT2D eigenvalue weighted by Gasteiger charge is -2.38. The highest BCUT2D eigenvalue weighted by molar-refractivity contribution is 7.87. The van der Waals surface area contributed by atoms with Crippen molar-refractivity contribution in [3.8, 4) is 11.5 Å². The highest BCUT2D eigenvalue weighted by Gasteiger charge is 2.47. The molecule has 0 aliphatic rings. The van der Waals surface area contributed by atoms with E-state index in [1.165, 1.54) is 0 Å². The molecule has 0 N–H and O–H groups in total. The van der Waals surface area contributed by atoms with E-state index in [1.54, 1.807) is 0 Å². The third-order valence-electron chi connectivity index (χ3n) is 3.92. The van der Waals surface area contributed by atoms with Gasteiger partial charge in [0.1, 0.15) is 8.07 Å². The van der Waals surface area contributed by atoms with Crippen LogP contribution in [-0.2, 0) is 14.3 Å². The van der Waals surface area contributed by atoms with Gasteiger partial charge in [0, 0.05) is 6.42 Å².